The van der Waals surface area contributed by atoms with E-state index in [1.54, 1.807) is 6.07 Å². The van der Waals surface area contributed by atoms with Crippen LogP contribution in [0.5, 0.6) is 0 Å². The van der Waals surface area contributed by atoms with Gasteiger partial charge in [-0.15, -0.1) is 11.3 Å². The molecule has 2 fully saturated rings. The summed E-state index contributed by atoms with van der Waals surface area (Å²) in [5.74, 6) is -1.83. The number of oxime groups is 1. The zero-order valence-electron chi connectivity index (χ0n) is 17.8. The van der Waals surface area contributed by atoms with E-state index in [-0.39, 0.29) is 17.0 Å². The van der Waals surface area contributed by atoms with Gasteiger partial charge in [0.15, 0.2) is 0 Å². The van der Waals surface area contributed by atoms with Gasteiger partial charge in [0, 0.05) is 50.3 Å². The summed E-state index contributed by atoms with van der Waals surface area (Å²) >= 11 is 1.52. The quantitative estimate of drug-likeness (QED) is 0.326. The molecule has 1 aliphatic carbocycles. The van der Waals surface area contributed by atoms with Gasteiger partial charge in [0.2, 0.25) is 5.43 Å². The maximum Gasteiger partial charge on any atom is 0.341 e. The minimum absolute atomic E-state index is 0.0985. The third-order valence-electron chi connectivity index (χ3n) is 6.28. The van der Waals surface area contributed by atoms with E-state index < -0.39 is 17.2 Å². The van der Waals surface area contributed by atoms with Crippen LogP contribution in [0.4, 0.5) is 10.1 Å². The number of rotatable bonds is 6. The highest BCUT2D eigenvalue weighted by Crippen LogP contribution is 2.38. The Morgan fingerprint density at radius 2 is 1.97 bits per heavy atom. The molecule has 0 unspecified atom stereocenters. The van der Waals surface area contributed by atoms with Crippen LogP contribution < -0.4 is 10.3 Å². The van der Waals surface area contributed by atoms with Gasteiger partial charge in [0.05, 0.1) is 16.1 Å². The van der Waals surface area contributed by atoms with Gasteiger partial charge in [-0.05, 0) is 36.4 Å². The first kappa shape index (κ1) is 21.6. The Balaban J connectivity index is 1.40. The molecule has 0 atom stereocenters. The van der Waals surface area contributed by atoms with Crippen molar-refractivity contribution in [2.75, 3.05) is 37.6 Å². The largest absolute Gasteiger partial charge is 0.477 e. The van der Waals surface area contributed by atoms with Crippen LogP contribution in [0, 0.1) is 5.82 Å². The fourth-order valence-electron chi connectivity index (χ4n) is 4.37. The van der Waals surface area contributed by atoms with Crippen LogP contribution in [0.1, 0.15) is 34.1 Å². The van der Waals surface area contributed by atoms with Crippen LogP contribution in [-0.2, 0) is 0 Å². The maximum absolute atomic E-state index is 15.1. The third-order valence-corrected chi connectivity index (χ3v) is 7.20. The summed E-state index contributed by atoms with van der Waals surface area (Å²) in [6.07, 6.45) is 3.20. The first-order valence-corrected chi connectivity index (χ1v) is 11.7. The Labute approximate surface area is 192 Å². The molecular formula is C23H23FN4O4S. The number of benzene rings is 1. The molecule has 1 aromatic carbocycles. The molecule has 2 aromatic heterocycles. The van der Waals surface area contributed by atoms with Crippen molar-refractivity contribution in [1.82, 2.24) is 9.47 Å². The van der Waals surface area contributed by atoms with Gasteiger partial charge in [0.1, 0.15) is 17.1 Å². The molecule has 1 aliphatic heterocycles. The second-order valence-corrected chi connectivity index (χ2v) is 9.37. The van der Waals surface area contributed by atoms with Crippen molar-refractivity contribution in [3.05, 3.63) is 62.3 Å². The number of hydrogen-bond donors (Lipinski definition) is 2. The highest BCUT2D eigenvalue weighted by molar-refractivity contribution is 7.12. The number of aromatic nitrogens is 1. The number of carboxylic acids is 1. The molecule has 8 nitrogen and oxygen atoms in total. The van der Waals surface area contributed by atoms with E-state index >= 15 is 4.39 Å². The first-order valence-electron chi connectivity index (χ1n) is 10.8. The molecule has 5 rings (SSSR count). The standard InChI is InChI=1S/C23H23FN4O4S/c24-17-10-15-19(28(14-3-4-14)12-16(22(15)29)23(30)31)11-20(17)27-7-5-26(6-8-27)13-18(25-32)21-2-1-9-33-21/h1-2,9-12,14,32H,3-8,13H2,(H,30,31)/b25-18-. The highest BCUT2D eigenvalue weighted by Gasteiger charge is 2.28. The third kappa shape index (κ3) is 4.11. The van der Waals surface area contributed by atoms with Crippen LogP contribution in [0.25, 0.3) is 10.9 Å². The van der Waals surface area contributed by atoms with Crippen molar-refractivity contribution in [3.8, 4) is 0 Å². The molecule has 0 radical (unpaired) electrons. The Kier molecular flexibility index (Phi) is 5.63. The monoisotopic (exact) mass is 470 g/mol. The average molecular weight is 471 g/mol. The number of carbonyl (C=O) groups is 1. The average Bonchev–Trinajstić information content (AvgIpc) is 3.51. The van der Waals surface area contributed by atoms with Crippen molar-refractivity contribution in [2.24, 2.45) is 5.16 Å². The molecule has 2 N–H and O–H groups in total. The van der Waals surface area contributed by atoms with E-state index in [1.807, 2.05) is 27.0 Å². The topological polar surface area (TPSA) is 98.4 Å². The smallest absolute Gasteiger partial charge is 0.341 e. The SMILES string of the molecule is O=C(O)c1cn(C2CC2)c2cc(N3CCN(C/C(=N/O)c4cccs4)CC3)c(F)cc2c1=O. The molecule has 10 heteroatoms. The van der Waals surface area contributed by atoms with Crippen LogP contribution in [0.15, 0.2) is 45.8 Å². The summed E-state index contributed by atoms with van der Waals surface area (Å²) in [6.45, 7) is 2.98. The van der Waals surface area contributed by atoms with Crippen LogP contribution >= 0.6 is 11.3 Å². The van der Waals surface area contributed by atoms with Crippen LogP contribution in [0.2, 0.25) is 0 Å². The molecule has 172 valence electrons. The lowest BCUT2D eigenvalue weighted by Crippen LogP contribution is -2.48. The molecule has 1 saturated carbocycles. The predicted molar refractivity (Wildman–Crippen MR) is 125 cm³/mol. The van der Waals surface area contributed by atoms with Crippen molar-refractivity contribution in [2.45, 2.75) is 18.9 Å². The summed E-state index contributed by atoms with van der Waals surface area (Å²) in [7, 11) is 0. The number of fused-ring (bicyclic) bond motifs is 1. The number of pyridine rings is 1. The molecule has 33 heavy (non-hydrogen) atoms. The molecule has 2 aliphatic rings. The fourth-order valence-corrected chi connectivity index (χ4v) is 5.07. The van der Waals surface area contributed by atoms with Crippen molar-refractivity contribution in [3.63, 3.8) is 0 Å². The molecular weight excluding hydrogens is 447 g/mol. The van der Waals surface area contributed by atoms with Gasteiger partial charge in [-0.1, -0.05) is 11.2 Å². The summed E-state index contributed by atoms with van der Waals surface area (Å²) in [5, 5.41) is 24.3. The number of carboxylic acid groups (broad SMARTS) is 1. The van der Waals surface area contributed by atoms with Gasteiger partial charge >= 0.3 is 5.97 Å². The lowest BCUT2D eigenvalue weighted by molar-refractivity contribution is 0.0695. The van der Waals surface area contributed by atoms with E-state index in [2.05, 4.69) is 10.1 Å². The molecule has 3 aromatic rings. The second kappa shape index (κ2) is 8.60. The number of piperazine rings is 1. The van der Waals surface area contributed by atoms with E-state index in [0.29, 0.717) is 49.6 Å². The summed E-state index contributed by atoms with van der Waals surface area (Å²) in [4.78, 5) is 29.2. The fraction of sp³-hybridized carbons (Fsp3) is 0.348. The van der Waals surface area contributed by atoms with Gasteiger partial charge in [0.25, 0.3) is 0 Å². The Hall–Kier alpha value is -3.24. The molecule has 0 spiro atoms. The zero-order chi connectivity index (χ0) is 23.1. The predicted octanol–water partition coefficient (Wildman–Crippen LogP) is 3.24. The van der Waals surface area contributed by atoms with E-state index in [9.17, 15) is 19.9 Å². The number of aromatic carboxylic acids is 1. The number of halogens is 1. The molecule has 0 bridgehead atoms. The summed E-state index contributed by atoms with van der Waals surface area (Å²) < 4.78 is 16.9. The van der Waals surface area contributed by atoms with E-state index in [1.165, 1.54) is 23.6 Å². The minimum Gasteiger partial charge on any atom is -0.477 e. The van der Waals surface area contributed by atoms with Gasteiger partial charge in [-0.2, -0.15) is 0 Å². The number of anilines is 1. The van der Waals surface area contributed by atoms with Gasteiger partial charge in [-0.25, -0.2) is 9.18 Å². The summed E-state index contributed by atoms with van der Waals surface area (Å²) in [6, 6.07) is 6.81. The van der Waals surface area contributed by atoms with Gasteiger partial charge < -0.3 is 19.8 Å². The maximum atomic E-state index is 15.1. The van der Waals surface area contributed by atoms with Crippen molar-refractivity contribution < 1.29 is 19.5 Å². The second-order valence-electron chi connectivity index (χ2n) is 8.42. The summed E-state index contributed by atoms with van der Waals surface area (Å²) in [5.41, 5.74) is 0.599. The molecule has 3 heterocycles. The highest BCUT2D eigenvalue weighted by atomic mass is 32.1. The van der Waals surface area contributed by atoms with Crippen molar-refractivity contribution >= 4 is 39.6 Å². The lowest BCUT2D eigenvalue weighted by Gasteiger charge is -2.36. The Morgan fingerprint density at radius 3 is 2.58 bits per heavy atom. The normalized spacial score (nSPS) is 17.6. The Morgan fingerprint density at radius 1 is 1.21 bits per heavy atom. The molecule has 0 amide bonds. The zero-order valence-corrected chi connectivity index (χ0v) is 18.6. The number of nitrogens with zero attached hydrogens (tertiary/aromatic N) is 4. The Bertz CT molecular complexity index is 1290. The van der Waals surface area contributed by atoms with Gasteiger partial charge in [-0.3, -0.25) is 9.69 Å². The van der Waals surface area contributed by atoms with Crippen molar-refractivity contribution in [1.29, 1.82) is 0 Å². The number of hydrogen-bond acceptors (Lipinski definition) is 7. The minimum atomic E-state index is -1.30. The number of thiophene rings is 1. The van der Waals surface area contributed by atoms with E-state index in [4.69, 9.17) is 0 Å². The first-order chi connectivity index (χ1) is 16.0. The van der Waals surface area contributed by atoms with E-state index in [0.717, 1.165) is 17.7 Å². The van der Waals surface area contributed by atoms with Crippen LogP contribution in [-0.4, -0.2) is 64.2 Å². The lowest BCUT2D eigenvalue weighted by atomic mass is 10.1. The van der Waals surface area contributed by atoms with Crippen LogP contribution in [0.3, 0.4) is 0 Å². The molecule has 1 saturated heterocycles.